The number of nitrogens with zero attached hydrogens (tertiary/aromatic N) is 1. The maximum absolute atomic E-state index is 10.9. The van der Waals surface area contributed by atoms with Gasteiger partial charge in [0.2, 0.25) is 0 Å². The number of carbonyl (C=O) groups excluding carboxylic acids is 1. The molecule has 0 aliphatic carbocycles. The number of H-pyrrole nitrogens is 1. The van der Waals surface area contributed by atoms with E-state index in [1.165, 1.54) is 22.2 Å². The Labute approximate surface area is 114 Å². The number of aromatic amines is 1. The van der Waals surface area contributed by atoms with Gasteiger partial charge in [0.1, 0.15) is 5.78 Å². The molecule has 2 rings (SSSR count). The van der Waals surface area contributed by atoms with Crippen LogP contribution in [0.2, 0.25) is 0 Å². The molecule has 0 spiro atoms. The third kappa shape index (κ3) is 3.44. The number of nitrogens with one attached hydrogen (secondary N) is 1. The minimum Gasteiger partial charge on any atom is -0.358 e. The number of fused-ring (bicyclic) bond motifs is 1. The Hall–Kier alpha value is -1.61. The van der Waals surface area contributed by atoms with Crippen LogP contribution in [-0.2, 0) is 11.3 Å². The first-order chi connectivity index (χ1) is 9.08. The van der Waals surface area contributed by atoms with Crippen molar-refractivity contribution in [2.24, 2.45) is 0 Å². The molecule has 0 bridgehead atoms. The molecule has 1 aromatic carbocycles. The second kappa shape index (κ2) is 6.02. The summed E-state index contributed by atoms with van der Waals surface area (Å²) in [7, 11) is 2.11. The molecular weight excluding hydrogens is 236 g/mol. The lowest BCUT2D eigenvalue weighted by atomic mass is 10.1. The zero-order valence-electron chi connectivity index (χ0n) is 12.0. The number of aryl methyl sites for hydroxylation is 1. The van der Waals surface area contributed by atoms with Crippen LogP contribution in [0, 0.1) is 6.92 Å². The smallest absolute Gasteiger partial charge is 0.129 e. The van der Waals surface area contributed by atoms with Crippen molar-refractivity contribution < 1.29 is 4.79 Å². The lowest BCUT2D eigenvalue weighted by Crippen LogP contribution is -2.19. The minimum atomic E-state index is 0.275. The first kappa shape index (κ1) is 13.8. The number of benzene rings is 1. The van der Waals surface area contributed by atoms with Gasteiger partial charge >= 0.3 is 0 Å². The van der Waals surface area contributed by atoms with Crippen molar-refractivity contribution in [2.45, 2.75) is 33.2 Å². The summed E-state index contributed by atoms with van der Waals surface area (Å²) in [5.41, 5.74) is 3.80. The molecule has 0 aliphatic rings. The van der Waals surface area contributed by atoms with Gasteiger partial charge in [0.15, 0.2) is 0 Å². The van der Waals surface area contributed by atoms with Crippen molar-refractivity contribution in [3.63, 3.8) is 0 Å². The van der Waals surface area contributed by atoms with Gasteiger partial charge in [-0.2, -0.15) is 0 Å². The highest BCUT2D eigenvalue weighted by atomic mass is 16.1. The van der Waals surface area contributed by atoms with Crippen molar-refractivity contribution >= 4 is 16.7 Å². The maximum Gasteiger partial charge on any atom is 0.129 e. The van der Waals surface area contributed by atoms with Crippen LogP contribution in [0.3, 0.4) is 0 Å². The third-order valence-corrected chi connectivity index (χ3v) is 3.52. The molecule has 0 radical (unpaired) electrons. The van der Waals surface area contributed by atoms with E-state index >= 15 is 0 Å². The van der Waals surface area contributed by atoms with Crippen LogP contribution in [0.25, 0.3) is 10.9 Å². The van der Waals surface area contributed by atoms with Crippen LogP contribution in [-0.4, -0.2) is 29.3 Å². The van der Waals surface area contributed by atoms with Crippen LogP contribution in [0.5, 0.6) is 0 Å². The van der Waals surface area contributed by atoms with Gasteiger partial charge in [-0.15, -0.1) is 0 Å². The van der Waals surface area contributed by atoms with Crippen LogP contribution < -0.4 is 0 Å². The molecule has 0 saturated heterocycles. The molecule has 2 aromatic rings. The predicted molar refractivity (Wildman–Crippen MR) is 79.3 cm³/mol. The Balaban J connectivity index is 2.04. The van der Waals surface area contributed by atoms with E-state index in [1.54, 1.807) is 6.92 Å². The van der Waals surface area contributed by atoms with Crippen LogP contribution in [0.1, 0.15) is 31.0 Å². The molecule has 0 unspecified atom stereocenters. The molecule has 1 aromatic heterocycles. The number of carbonyl (C=O) groups is 1. The van der Waals surface area contributed by atoms with Crippen LogP contribution in [0.15, 0.2) is 24.3 Å². The highest BCUT2D eigenvalue weighted by molar-refractivity contribution is 5.84. The highest BCUT2D eigenvalue weighted by Gasteiger charge is 2.10. The molecule has 19 heavy (non-hydrogen) atoms. The standard InChI is InChI=1S/C16H22N2O/c1-12(19)7-6-10-18(3)11-15-13(2)17-16-9-5-4-8-14(15)16/h4-5,8-9,17H,6-7,10-11H2,1-3H3. The van der Waals surface area contributed by atoms with E-state index in [4.69, 9.17) is 0 Å². The topological polar surface area (TPSA) is 36.1 Å². The van der Waals surface area contributed by atoms with E-state index in [-0.39, 0.29) is 5.78 Å². The van der Waals surface area contributed by atoms with Gasteiger partial charge in [0, 0.05) is 29.6 Å². The molecule has 3 nitrogen and oxygen atoms in total. The maximum atomic E-state index is 10.9. The van der Waals surface area contributed by atoms with E-state index in [0.29, 0.717) is 6.42 Å². The monoisotopic (exact) mass is 258 g/mol. The number of Topliss-reactive ketones (excluding diaryl/α,β-unsaturated/α-hetero) is 1. The molecule has 0 atom stereocenters. The summed E-state index contributed by atoms with van der Waals surface area (Å²) >= 11 is 0. The van der Waals surface area contributed by atoms with Gasteiger partial charge in [-0.3, -0.25) is 0 Å². The quantitative estimate of drug-likeness (QED) is 0.863. The van der Waals surface area contributed by atoms with Crippen molar-refractivity contribution in [3.05, 3.63) is 35.5 Å². The molecule has 0 aliphatic heterocycles. The molecule has 102 valence electrons. The summed E-state index contributed by atoms with van der Waals surface area (Å²) in [6.45, 7) is 5.66. The largest absolute Gasteiger partial charge is 0.358 e. The van der Waals surface area contributed by atoms with Gasteiger partial charge in [0.05, 0.1) is 0 Å². The Morgan fingerprint density at radius 2 is 2.05 bits per heavy atom. The number of hydrogen-bond donors (Lipinski definition) is 1. The molecule has 3 heteroatoms. The van der Waals surface area contributed by atoms with Gasteiger partial charge in [-0.1, -0.05) is 18.2 Å². The summed E-state index contributed by atoms with van der Waals surface area (Å²) in [6, 6.07) is 8.41. The fourth-order valence-corrected chi connectivity index (χ4v) is 2.49. The van der Waals surface area contributed by atoms with Crippen LogP contribution >= 0.6 is 0 Å². The fourth-order valence-electron chi connectivity index (χ4n) is 2.49. The molecule has 1 heterocycles. The summed E-state index contributed by atoms with van der Waals surface area (Å²) in [5, 5.41) is 1.30. The van der Waals surface area contributed by atoms with Crippen molar-refractivity contribution in [2.75, 3.05) is 13.6 Å². The second-order valence-corrected chi connectivity index (χ2v) is 5.32. The summed E-state index contributed by atoms with van der Waals surface area (Å²) in [4.78, 5) is 16.7. The summed E-state index contributed by atoms with van der Waals surface area (Å²) < 4.78 is 0. The zero-order valence-corrected chi connectivity index (χ0v) is 12.0. The third-order valence-electron chi connectivity index (χ3n) is 3.52. The van der Waals surface area contributed by atoms with E-state index in [9.17, 15) is 4.79 Å². The van der Waals surface area contributed by atoms with E-state index in [0.717, 1.165) is 19.5 Å². The Kier molecular flexibility index (Phi) is 4.38. The number of rotatable bonds is 6. The number of aromatic nitrogens is 1. The fraction of sp³-hybridized carbons (Fsp3) is 0.438. The predicted octanol–water partition coefficient (Wildman–Crippen LogP) is 3.28. The summed E-state index contributed by atoms with van der Waals surface area (Å²) in [5.74, 6) is 0.275. The van der Waals surface area contributed by atoms with Gasteiger partial charge < -0.3 is 14.7 Å². The molecule has 0 fully saturated rings. The van der Waals surface area contributed by atoms with Gasteiger partial charge in [-0.05, 0) is 45.5 Å². The molecular formula is C16H22N2O. The van der Waals surface area contributed by atoms with Gasteiger partial charge in [0.25, 0.3) is 0 Å². The average molecular weight is 258 g/mol. The van der Waals surface area contributed by atoms with Crippen molar-refractivity contribution in [1.82, 2.24) is 9.88 Å². The van der Waals surface area contributed by atoms with Gasteiger partial charge in [-0.25, -0.2) is 0 Å². The van der Waals surface area contributed by atoms with E-state index in [1.807, 2.05) is 0 Å². The minimum absolute atomic E-state index is 0.275. The Morgan fingerprint density at radius 3 is 2.79 bits per heavy atom. The van der Waals surface area contributed by atoms with E-state index in [2.05, 4.69) is 48.1 Å². The SMILES string of the molecule is CC(=O)CCCN(C)Cc1c(C)[nH]c2ccccc12. The Bertz CT molecular complexity index is 571. The van der Waals surface area contributed by atoms with E-state index < -0.39 is 0 Å². The number of ketones is 1. The lowest BCUT2D eigenvalue weighted by Gasteiger charge is -2.16. The zero-order chi connectivity index (χ0) is 13.8. The highest BCUT2D eigenvalue weighted by Crippen LogP contribution is 2.22. The second-order valence-electron chi connectivity index (χ2n) is 5.32. The lowest BCUT2D eigenvalue weighted by molar-refractivity contribution is -0.117. The average Bonchev–Trinajstić information content (AvgIpc) is 2.66. The first-order valence-corrected chi connectivity index (χ1v) is 6.82. The number of para-hydroxylation sites is 1. The normalized spacial score (nSPS) is 11.4. The molecule has 0 amide bonds. The van der Waals surface area contributed by atoms with Crippen molar-refractivity contribution in [1.29, 1.82) is 0 Å². The van der Waals surface area contributed by atoms with Crippen molar-refractivity contribution in [3.8, 4) is 0 Å². The number of hydrogen-bond acceptors (Lipinski definition) is 2. The summed E-state index contributed by atoms with van der Waals surface area (Å²) in [6.07, 6.45) is 1.62. The molecule has 0 saturated carbocycles. The molecule has 1 N–H and O–H groups in total. The van der Waals surface area contributed by atoms with Crippen LogP contribution in [0.4, 0.5) is 0 Å². The Morgan fingerprint density at radius 1 is 1.32 bits per heavy atom. The first-order valence-electron chi connectivity index (χ1n) is 6.82.